The van der Waals surface area contributed by atoms with E-state index in [1.165, 1.54) is 22.2 Å². The van der Waals surface area contributed by atoms with E-state index in [0.29, 0.717) is 16.6 Å². The molecule has 0 unspecified atom stereocenters. The van der Waals surface area contributed by atoms with E-state index in [2.05, 4.69) is 15.2 Å². The number of nitrogens with one attached hydrogen (secondary N) is 1. The number of benzene rings is 1. The number of anilines is 1. The fourth-order valence-electron chi connectivity index (χ4n) is 3.24. The number of rotatable bonds is 3. The Morgan fingerprint density at radius 2 is 1.93 bits per heavy atom. The summed E-state index contributed by atoms with van der Waals surface area (Å²) in [5.74, 6) is -0.426. The molecule has 29 heavy (non-hydrogen) atoms. The molecule has 8 nitrogen and oxygen atoms in total. The van der Waals surface area contributed by atoms with E-state index >= 15 is 0 Å². The zero-order valence-electron chi connectivity index (χ0n) is 15.7. The summed E-state index contributed by atoms with van der Waals surface area (Å²) in [6, 6.07) is 7.29. The van der Waals surface area contributed by atoms with E-state index in [1.807, 2.05) is 0 Å². The van der Waals surface area contributed by atoms with Crippen molar-refractivity contribution in [1.82, 2.24) is 14.3 Å². The van der Waals surface area contributed by atoms with Crippen molar-refractivity contribution in [1.29, 1.82) is 0 Å². The molecule has 0 aliphatic carbocycles. The van der Waals surface area contributed by atoms with Crippen LogP contribution in [0.15, 0.2) is 47.6 Å². The van der Waals surface area contributed by atoms with E-state index in [4.69, 9.17) is 9.90 Å². The van der Waals surface area contributed by atoms with Crippen molar-refractivity contribution in [3.8, 4) is 0 Å². The number of aryl methyl sites for hydroxylation is 1. The van der Waals surface area contributed by atoms with Crippen molar-refractivity contribution < 1.29 is 22.7 Å². The molecule has 4 rings (SSSR count). The summed E-state index contributed by atoms with van der Waals surface area (Å²) in [6.07, 6.45) is 3.28. The molecule has 154 valence electrons. The highest BCUT2D eigenvalue weighted by Crippen LogP contribution is 2.31. The largest absolute Gasteiger partial charge is 0.483 e. The summed E-state index contributed by atoms with van der Waals surface area (Å²) >= 11 is 0. The predicted molar refractivity (Wildman–Crippen MR) is 107 cm³/mol. The monoisotopic (exact) mass is 420 g/mol. The van der Waals surface area contributed by atoms with E-state index in [9.17, 15) is 12.8 Å². The summed E-state index contributed by atoms with van der Waals surface area (Å²) in [7, 11) is -3.85. The quantitative estimate of drug-likeness (QED) is 0.623. The zero-order valence-corrected chi connectivity index (χ0v) is 16.6. The van der Waals surface area contributed by atoms with Gasteiger partial charge in [0.05, 0.1) is 16.1 Å². The molecule has 3 aromatic rings. The Labute approximate surface area is 167 Å². The van der Waals surface area contributed by atoms with Gasteiger partial charge < -0.3 is 15.3 Å². The average Bonchev–Trinajstić information content (AvgIpc) is 3.12. The highest BCUT2D eigenvalue weighted by Gasteiger charge is 2.25. The van der Waals surface area contributed by atoms with Crippen LogP contribution in [0.3, 0.4) is 0 Å². The zero-order chi connectivity index (χ0) is 21.0. The second-order valence-corrected chi connectivity index (χ2v) is 8.25. The first-order valence-electron chi connectivity index (χ1n) is 8.91. The minimum Gasteiger partial charge on any atom is -0.483 e. The van der Waals surface area contributed by atoms with Crippen molar-refractivity contribution in [2.45, 2.75) is 11.8 Å². The number of hydrogen-bond acceptors (Lipinski definition) is 6. The minimum absolute atomic E-state index is 0.0593. The standard InChI is InChI=1S/C18H19FN4O2S.CH2O2/c1-13-11-14(4-5-15(13)19)26(24,25)23-12-17(22-9-7-20-8-10-22)18-16(23)3-2-6-21-18;2-1-3/h2-6,11-12,20H,7-10H2,1H3;1H,(H,2,3). The molecule has 0 atom stereocenters. The molecule has 2 aromatic heterocycles. The minimum atomic E-state index is -3.85. The molecule has 2 N–H and O–H groups in total. The molecule has 3 heterocycles. The van der Waals surface area contributed by atoms with Crippen molar-refractivity contribution >= 4 is 33.2 Å². The Morgan fingerprint density at radius 1 is 1.24 bits per heavy atom. The SMILES string of the molecule is Cc1cc(S(=O)(=O)n2cc(N3CCNCC3)c3ncccc32)ccc1F.O=CO. The number of hydrogen-bond donors (Lipinski definition) is 2. The van der Waals surface area contributed by atoms with Crippen LogP contribution in [0.1, 0.15) is 5.56 Å². The second kappa shape index (κ2) is 8.58. The van der Waals surface area contributed by atoms with Gasteiger partial charge in [-0.25, -0.2) is 16.8 Å². The van der Waals surface area contributed by atoms with E-state index < -0.39 is 15.8 Å². The number of fused-ring (bicyclic) bond motifs is 1. The van der Waals surface area contributed by atoms with Crippen LogP contribution in [-0.2, 0) is 14.8 Å². The molecule has 0 radical (unpaired) electrons. The van der Waals surface area contributed by atoms with Crippen molar-refractivity contribution in [2.24, 2.45) is 0 Å². The fraction of sp³-hybridized carbons (Fsp3) is 0.263. The number of carbonyl (C=O) groups is 1. The van der Waals surface area contributed by atoms with Crippen molar-refractivity contribution in [3.63, 3.8) is 0 Å². The van der Waals surface area contributed by atoms with Gasteiger partial charge in [0, 0.05) is 38.6 Å². The van der Waals surface area contributed by atoms with Gasteiger partial charge in [-0.1, -0.05) is 0 Å². The van der Waals surface area contributed by atoms with Crippen LogP contribution in [0.25, 0.3) is 11.0 Å². The second-order valence-electron chi connectivity index (χ2n) is 6.44. The molecule has 1 aromatic carbocycles. The van der Waals surface area contributed by atoms with Crippen LogP contribution in [0, 0.1) is 12.7 Å². The van der Waals surface area contributed by atoms with Crippen LogP contribution in [0.4, 0.5) is 10.1 Å². The molecule has 0 saturated carbocycles. The topological polar surface area (TPSA) is 105 Å². The molecule has 0 spiro atoms. The average molecular weight is 420 g/mol. The Bertz CT molecular complexity index is 1120. The van der Waals surface area contributed by atoms with Crippen molar-refractivity contribution in [3.05, 3.63) is 54.1 Å². The Hall–Kier alpha value is -2.98. The molecule has 1 aliphatic rings. The fourth-order valence-corrected chi connectivity index (χ4v) is 4.68. The predicted octanol–water partition coefficient (Wildman–Crippen LogP) is 1.83. The number of aromatic nitrogens is 2. The van der Waals surface area contributed by atoms with E-state index in [0.717, 1.165) is 31.9 Å². The van der Waals surface area contributed by atoms with Crippen LogP contribution in [-0.4, -0.2) is 55.1 Å². The summed E-state index contributed by atoms with van der Waals surface area (Å²) < 4.78 is 41.2. The lowest BCUT2D eigenvalue weighted by molar-refractivity contribution is -0.122. The van der Waals surface area contributed by atoms with Gasteiger partial charge in [-0.3, -0.25) is 9.78 Å². The molecule has 1 fully saturated rings. The number of halogens is 1. The van der Waals surface area contributed by atoms with Gasteiger partial charge in [0.25, 0.3) is 16.5 Å². The van der Waals surface area contributed by atoms with Gasteiger partial charge >= 0.3 is 0 Å². The summed E-state index contributed by atoms with van der Waals surface area (Å²) in [6.45, 7) is 4.54. The highest BCUT2D eigenvalue weighted by molar-refractivity contribution is 7.90. The Kier molecular flexibility index (Phi) is 6.14. The lowest BCUT2D eigenvalue weighted by Crippen LogP contribution is -2.43. The number of nitrogens with zero attached hydrogens (tertiary/aromatic N) is 3. The first-order valence-corrected chi connectivity index (χ1v) is 10.4. The van der Waals surface area contributed by atoms with Crippen LogP contribution in [0.5, 0.6) is 0 Å². The first-order chi connectivity index (χ1) is 13.9. The van der Waals surface area contributed by atoms with Gasteiger partial charge in [-0.15, -0.1) is 0 Å². The lowest BCUT2D eigenvalue weighted by Gasteiger charge is -2.28. The molecule has 1 aliphatic heterocycles. The maximum absolute atomic E-state index is 13.6. The molecular formula is C19H21FN4O4S. The molecule has 1 saturated heterocycles. The third-order valence-corrected chi connectivity index (χ3v) is 6.32. The summed E-state index contributed by atoms with van der Waals surface area (Å²) in [5.41, 5.74) is 2.26. The first kappa shape index (κ1) is 20.7. The van der Waals surface area contributed by atoms with Gasteiger partial charge in [-0.05, 0) is 42.8 Å². The Balaban J connectivity index is 0.000000755. The number of carboxylic acid groups (broad SMARTS) is 1. The Morgan fingerprint density at radius 3 is 2.59 bits per heavy atom. The normalized spacial score (nSPS) is 14.3. The summed E-state index contributed by atoms with van der Waals surface area (Å²) in [5, 5.41) is 10.2. The van der Waals surface area contributed by atoms with Gasteiger partial charge in [0.1, 0.15) is 11.3 Å². The summed E-state index contributed by atoms with van der Waals surface area (Å²) in [4.78, 5) is 15.0. The maximum Gasteiger partial charge on any atom is 0.290 e. The van der Waals surface area contributed by atoms with Crippen LogP contribution >= 0.6 is 0 Å². The highest BCUT2D eigenvalue weighted by atomic mass is 32.2. The number of piperazine rings is 1. The molecule has 10 heteroatoms. The van der Waals surface area contributed by atoms with Gasteiger partial charge in [-0.2, -0.15) is 0 Å². The van der Waals surface area contributed by atoms with Gasteiger partial charge in [0.2, 0.25) is 0 Å². The molecular weight excluding hydrogens is 399 g/mol. The molecule has 0 bridgehead atoms. The lowest BCUT2D eigenvalue weighted by atomic mass is 10.2. The van der Waals surface area contributed by atoms with E-state index in [1.54, 1.807) is 31.5 Å². The van der Waals surface area contributed by atoms with Crippen LogP contribution < -0.4 is 10.2 Å². The third kappa shape index (κ3) is 4.08. The van der Waals surface area contributed by atoms with E-state index in [-0.39, 0.29) is 11.4 Å². The number of pyridine rings is 1. The van der Waals surface area contributed by atoms with Gasteiger partial charge in [0.15, 0.2) is 0 Å². The van der Waals surface area contributed by atoms with Crippen molar-refractivity contribution in [2.75, 3.05) is 31.1 Å². The van der Waals surface area contributed by atoms with Crippen LogP contribution in [0.2, 0.25) is 0 Å². The maximum atomic E-state index is 13.6. The third-order valence-electron chi connectivity index (χ3n) is 4.65. The molecule has 0 amide bonds. The smallest absolute Gasteiger partial charge is 0.290 e.